The standard InChI is InChI=1S/C22H29N3O7S/c1-13(2)16-8-14-9-19(32-7-5-6-30-3)22(31-4)24-20(14)17-10-18(26)15(11-25(16)17)21(27)23-12-33(28)29/h9-11,13,16,33H,5-8,12H2,1-4H3,(H,23,27)/t16-/m0/s1. The fourth-order valence-corrected chi connectivity index (χ4v) is 4.10. The predicted octanol–water partition coefficient (Wildman–Crippen LogP) is 1.39. The van der Waals surface area contributed by atoms with E-state index in [0.717, 1.165) is 12.0 Å². The van der Waals surface area contributed by atoms with Crippen molar-refractivity contribution in [2.24, 2.45) is 5.92 Å². The van der Waals surface area contributed by atoms with Gasteiger partial charge in [-0.15, -0.1) is 0 Å². The molecule has 33 heavy (non-hydrogen) atoms. The quantitative estimate of drug-likeness (QED) is 0.387. The summed E-state index contributed by atoms with van der Waals surface area (Å²) in [5, 5.41) is 2.25. The summed E-state index contributed by atoms with van der Waals surface area (Å²) in [5.41, 5.74) is 1.43. The second kappa shape index (κ2) is 10.8. The highest BCUT2D eigenvalue weighted by Gasteiger charge is 2.30. The number of amides is 1. The normalized spacial score (nSPS) is 14.7. The van der Waals surface area contributed by atoms with E-state index in [1.807, 2.05) is 10.6 Å². The SMILES string of the molecule is COCCCOc1cc2c(nc1OC)-c1cc(=O)c(C(=O)NC[SH](=O)=O)cn1[C@H](C(C)C)C2. The van der Waals surface area contributed by atoms with E-state index in [1.165, 1.54) is 19.4 Å². The molecule has 0 aliphatic carbocycles. The van der Waals surface area contributed by atoms with Crippen molar-refractivity contribution in [1.29, 1.82) is 0 Å². The van der Waals surface area contributed by atoms with Gasteiger partial charge in [0.2, 0.25) is 0 Å². The molecule has 0 saturated carbocycles. The maximum atomic E-state index is 12.8. The van der Waals surface area contributed by atoms with Gasteiger partial charge in [-0.05, 0) is 24.0 Å². The highest BCUT2D eigenvalue weighted by Crippen LogP contribution is 2.40. The maximum absolute atomic E-state index is 12.8. The van der Waals surface area contributed by atoms with Gasteiger partial charge in [0.1, 0.15) is 11.4 Å². The average Bonchev–Trinajstić information content (AvgIpc) is 2.78. The second-order valence-electron chi connectivity index (χ2n) is 8.05. The molecule has 3 heterocycles. The lowest BCUT2D eigenvalue weighted by atomic mass is 9.89. The molecule has 0 fully saturated rings. The number of nitrogens with one attached hydrogen (secondary N) is 1. The molecule has 2 aromatic rings. The van der Waals surface area contributed by atoms with Gasteiger partial charge in [-0.25, -0.2) is 13.4 Å². The highest BCUT2D eigenvalue weighted by atomic mass is 32.2. The van der Waals surface area contributed by atoms with Crippen LogP contribution in [0.4, 0.5) is 0 Å². The third kappa shape index (κ3) is 5.53. The molecule has 10 nitrogen and oxygen atoms in total. The number of thiol groups is 1. The van der Waals surface area contributed by atoms with Gasteiger partial charge in [0.25, 0.3) is 11.8 Å². The van der Waals surface area contributed by atoms with Crippen LogP contribution in [-0.4, -0.2) is 57.2 Å². The zero-order chi connectivity index (χ0) is 24.1. The fourth-order valence-electron chi connectivity index (χ4n) is 3.83. The molecule has 0 unspecified atom stereocenters. The van der Waals surface area contributed by atoms with Crippen LogP contribution in [-0.2, 0) is 21.9 Å². The summed E-state index contributed by atoms with van der Waals surface area (Å²) in [6, 6.07) is 3.21. The predicted molar refractivity (Wildman–Crippen MR) is 123 cm³/mol. The van der Waals surface area contributed by atoms with Crippen LogP contribution in [0.15, 0.2) is 23.1 Å². The van der Waals surface area contributed by atoms with Crippen LogP contribution in [0.25, 0.3) is 11.4 Å². The maximum Gasteiger partial charge on any atom is 0.257 e. The number of nitrogens with zero attached hydrogens (tertiary/aromatic N) is 2. The molecule has 1 aliphatic heterocycles. The van der Waals surface area contributed by atoms with Gasteiger partial charge in [0, 0.05) is 38.4 Å². The number of rotatable bonds is 10. The molecule has 1 amide bonds. The molecular weight excluding hydrogens is 450 g/mol. The summed E-state index contributed by atoms with van der Waals surface area (Å²) in [7, 11) is 0.334. The Balaban J connectivity index is 2.06. The number of fused-ring (bicyclic) bond motifs is 3. The van der Waals surface area contributed by atoms with Crippen LogP contribution in [0.2, 0.25) is 0 Å². The molecule has 1 atom stereocenters. The number of methoxy groups -OCH3 is 2. The zero-order valence-electron chi connectivity index (χ0n) is 19.1. The van der Waals surface area contributed by atoms with Crippen molar-refractivity contribution in [3.05, 3.63) is 39.7 Å². The number of pyridine rings is 2. The first-order valence-corrected chi connectivity index (χ1v) is 12.0. The Hall–Kier alpha value is -2.92. The van der Waals surface area contributed by atoms with Crippen molar-refractivity contribution in [2.75, 3.05) is 33.3 Å². The molecule has 1 aliphatic rings. The van der Waals surface area contributed by atoms with Crippen LogP contribution in [0.1, 0.15) is 42.2 Å². The smallest absolute Gasteiger partial charge is 0.257 e. The third-order valence-electron chi connectivity index (χ3n) is 5.47. The molecule has 0 aromatic carbocycles. The summed E-state index contributed by atoms with van der Waals surface area (Å²) in [5.74, 6) is -0.257. The van der Waals surface area contributed by atoms with Crippen molar-refractivity contribution < 1.29 is 27.4 Å². The lowest BCUT2D eigenvalue weighted by Gasteiger charge is -2.33. The molecule has 180 valence electrons. The van der Waals surface area contributed by atoms with Gasteiger partial charge in [-0.2, -0.15) is 0 Å². The van der Waals surface area contributed by atoms with Crippen LogP contribution in [0.5, 0.6) is 11.6 Å². The summed E-state index contributed by atoms with van der Waals surface area (Å²) in [4.78, 5) is 29.8. The number of hydrogen-bond donors (Lipinski definition) is 2. The molecule has 11 heteroatoms. The number of hydrogen-bond acceptors (Lipinski definition) is 8. The molecule has 0 spiro atoms. The van der Waals surface area contributed by atoms with Crippen molar-refractivity contribution in [3.8, 4) is 23.0 Å². The van der Waals surface area contributed by atoms with E-state index < -0.39 is 27.9 Å². The van der Waals surface area contributed by atoms with Gasteiger partial charge in [-0.3, -0.25) is 9.59 Å². The Morgan fingerprint density at radius 3 is 2.67 bits per heavy atom. The Kier molecular flexibility index (Phi) is 8.09. The molecule has 1 N–H and O–H groups in total. The minimum atomic E-state index is -2.80. The van der Waals surface area contributed by atoms with E-state index in [-0.39, 0.29) is 17.5 Å². The number of carbonyl (C=O) groups excluding carboxylic acids is 1. The molecule has 0 bridgehead atoms. The van der Waals surface area contributed by atoms with E-state index in [9.17, 15) is 18.0 Å². The largest absolute Gasteiger partial charge is 0.488 e. The minimum Gasteiger partial charge on any atom is -0.488 e. The van der Waals surface area contributed by atoms with Crippen LogP contribution in [0, 0.1) is 5.92 Å². The lowest BCUT2D eigenvalue weighted by molar-refractivity contribution is 0.0958. The van der Waals surface area contributed by atoms with Crippen LogP contribution < -0.4 is 20.2 Å². The van der Waals surface area contributed by atoms with E-state index in [1.54, 1.807) is 7.11 Å². The van der Waals surface area contributed by atoms with Gasteiger partial charge < -0.3 is 24.1 Å². The fraction of sp³-hybridized carbons (Fsp3) is 0.500. The van der Waals surface area contributed by atoms with Crippen LogP contribution >= 0.6 is 0 Å². The number of carbonyl (C=O) groups is 1. The van der Waals surface area contributed by atoms with Crippen molar-refractivity contribution >= 4 is 16.6 Å². The Bertz CT molecular complexity index is 1150. The van der Waals surface area contributed by atoms with Crippen molar-refractivity contribution in [2.45, 2.75) is 32.7 Å². The second-order valence-corrected chi connectivity index (χ2v) is 9.04. The molecule has 0 radical (unpaired) electrons. The number of ether oxygens (including phenoxy) is 3. The lowest BCUT2D eigenvalue weighted by Crippen LogP contribution is -2.33. The Morgan fingerprint density at radius 2 is 2.03 bits per heavy atom. The summed E-state index contributed by atoms with van der Waals surface area (Å²) in [6.45, 7) is 5.13. The molecular formula is C22H29N3O7S. The highest BCUT2D eigenvalue weighted by molar-refractivity contribution is 7.72. The molecule has 2 aromatic heterocycles. The molecule has 3 rings (SSSR count). The van der Waals surface area contributed by atoms with E-state index in [0.29, 0.717) is 42.7 Å². The van der Waals surface area contributed by atoms with E-state index in [4.69, 9.17) is 14.2 Å². The van der Waals surface area contributed by atoms with E-state index in [2.05, 4.69) is 24.1 Å². The molecule has 0 saturated heterocycles. The summed E-state index contributed by atoms with van der Waals surface area (Å²) < 4.78 is 39.9. The topological polar surface area (TPSA) is 126 Å². The Labute approximate surface area is 193 Å². The summed E-state index contributed by atoms with van der Waals surface area (Å²) >= 11 is 0. The third-order valence-corrected chi connectivity index (χ3v) is 5.89. The van der Waals surface area contributed by atoms with Gasteiger partial charge in [-0.1, -0.05) is 13.8 Å². The van der Waals surface area contributed by atoms with Crippen molar-refractivity contribution in [1.82, 2.24) is 14.9 Å². The first-order valence-electron chi connectivity index (χ1n) is 10.6. The average molecular weight is 480 g/mol. The first kappa shape index (κ1) is 24.7. The summed E-state index contributed by atoms with van der Waals surface area (Å²) in [6.07, 6.45) is 2.82. The first-order chi connectivity index (χ1) is 15.8. The zero-order valence-corrected chi connectivity index (χ0v) is 20.0. The number of aromatic nitrogens is 2. The van der Waals surface area contributed by atoms with Crippen molar-refractivity contribution in [3.63, 3.8) is 0 Å². The monoisotopic (exact) mass is 479 g/mol. The van der Waals surface area contributed by atoms with Gasteiger partial charge in [0.05, 0.1) is 25.1 Å². The Morgan fingerprint density at radius 1 is 1.27 bits per heavy atom. The van der Waals surface area contributed by atoms with Crippen LogP contribution in [0.3, 0.4) is 0 Å². The van der Waals surface area contributed by atoms with Gasteiger partial charge >= 0.3 is 0 Å². The van der Waals surface area contributed by atoms with Gasteiger partial charge in [0.15, 0.2) is 21.9 Å². The van der Waals surface area contributed by atoms with E-state index >= 15 is 0 Å². The minimum absolute atomic E-state index is 0.0488.